The summed E-state index contributed by atoms with van der Waals surface area (Å²) in [5.41, 5.74) is 0.981. The third kappa shape index (κ3) is 2.64. The first-order valence-corrected chi connectivity index (χ1v) is 6.10. The molecule has 3 nitrogen and oxygen atoms in total. The second kappa shape index (κ2) is 4.84. The SMILES string of the molecule is CN1C=CC(=O)C(Cc2cccc(Br)c2)C1=O. The van der Waals surface area contributed by atoms with Crippen molar-refractivity contribution < 1.29 is 9.59 Å². The minimum Gasteiger partial charge on any atom is -0.321 e. The van der Waals surface area contributed by atoms with E-state index in [2.05, 4.69) is 15.9 Å². The zero-order chi connectivity index (χ0) is 12.4. The molecule has 0 bridgehead atoms. The number of allylic oxidation sites excluding steroid dienone is 1. The van der Waals surface area contributed by atoms with E-state index in [1.165, 1.54) is 17.2 Å². The van der Waals surface area contributed by atoms with Gasteiger partial charge >= 0.3 is 0 Å². The zero-order valence-electron chi connectivity index (χ0n) is 9.39. The van der Waals surface area contributed by atoms with Gasteiger partial charge in [-0.05, 0) is 30.2 Å². The molecule has 0 radical (unpaired) electrons. The summed E-state index contributed by atoms with van der Waals surface area (Å²) in [6.07, 6.45) is 3.43. The minimum absolute atomic E-state index is 0.118. The highest BCUT2D eigenvalue weighted by Gasteiger charge is 2.30. The highest BCUT2D eigenvalue weighted by Crippen LogP contribution is 2.19. The minimum atomic E-state index is -0.584. The van der Waals surface area contributed by atoms with E-state index in [1.54, 1.807) is 7.05 Å². The molecule has 0 fully saturated rings. The van der Waals surface area contributed by atoms with Crippen LogP contribution in [0, 0.1) is 5.92 Å². The van der Waals surface area contributed by atoms with Crippen molar-refractivity contribution in [3.63, 3.8) is 0 Å². The lowest BCUT2D eigenvalue weighted by molar-refractivity contribution is -0.138. The fourth-order valence-electron chi connectivity index (χ4n) is 1.83. The van der Waals surface area contributed by atoms with E-state index in [1.807, 2.05) is 24.3 Å². The lowest BCUT2D eigenvalue weighted by Crippen LogP contribution is -2.38. The van der Waals surface area contributed by atoms with Crippen LogP contribution in [0.4, 0.5) is 0 Å². The number of benzene rings is 1. The van der Waals surface area contributed by atoms with Crippen LogP contribution in [-0.2, 0) is 16.0 Å². The van der Waals surface area contributed by atoms with Crippen LogP contribution in [0.2, 0.25) is 0 Å². The van der Waals surface area contributed by atoms with Gasteiger partial charge < -0.3 is 4.90 Å². The third-order valence-corrected chi connectivity index (χ3v) is 3.27. The predicted molar refractivity (Wildman–Crippen MR) is 68.3 cm³/mol. The fourth-order valence-corrected chi connectivity index (χ4v) is 2.28. The molecule has 1 aromatic rings. The first kappa shape index (κ1) is 12.0. The number of nitrogens with zero attached hydrogens (tertiary/aromatic N) is 1. The van der Waals surface area contributed by atoms with Gasteiger partial charge in [0.1, 0.15) is 5.92 Å². The van der Waals surface area contributed by atoms with Crippen LogP contribution in [0.3, 0.4) is 0 Å². The highest BCUT2D eigenvalue weighted by molar-refractivity contribution is 9.10. The number of carbonyl (C=O) groups excluding carboxylic acids is 2. The Kier molecular flexibility index (Phi) is 3.43. The quantitative estimate of drug-likeness (QED) is 0.784. The standard InChI is InChI=1S/C13H12BrNO2/c1-15-6-5-12(16)11(13(15)17)8-9-3-2-4-10(14)7-9/h2-7,11H,8H2,1H3. The van der Waals surface area contributed by atoms with Crippen molar-refractivity contribution in [1.82, 2.24) is 4.90 Å². The molecule has 0 aromatic heterocycles. The van der Waals surface area contributed by atoms with Gasteiger partial charge in [0.2, 0.25) is 5.91 Å². The predicted octanol–water partition coefficient (Wildman–Crippen LogP) is 2.16. The largest absolute Gasteiger partial charge is 0.321 e. The molecule has 1 atom stereocenters. The van der Waals surface area contributed by atoms with E-state index in [0.29, 0.717) is 6.42 Å². The number of amides is 1. The molecular weight excluding hydrogens is 282 g/mol. The maximum Gasteiger partial charge on any atom is 0.237 e. The van der Waals surface area contributed by atoms with Gasteiger partial charge in [-0.15, -0.1) is 0 Å². The van der Waals surface area contributed by atoms with Gasteiger partial charge in [-0.3, -0.25) is 9.59 Å². The number of hydrogen-bond donors (Lipinski definition) is 0. The molecular formula is C13H12BrNO2. The monoisotopic (exact) mass is 293 g/mol. The van der Waals surface area contributed by atoms with Crippen LogP contribution in [0.25, 0.3) is 0 Å². The summed E-state index contributed by atoms with van der Waals surface area (Å²) in [7, 11) is 1.67. The Labute approximate surface area is 108 Å². The van der Waals surface area contributed by atoms with Crippen LogP contribution in [0.1, 0.15) is 5.56 Å². The Bertz CT molecular complexity index is 496. The van der Waals surface area contributed by atoms with Crippen LogP contribution >= 0.6 is 15.9 Å². The number of ketones is 1. The summed E-state index contributed by atoms with van der Waals surface area (Å²) in [5, 5.41) is 0. The van der Waals surface area contributed by atoms with Crippen molar-refractivity contribution in [2.45, 2.75) is 6.42 Å². The molecule has 1 aliphatic rings. The molecule has 0 spiro atoms. The Balaban J connectivity index is 2.21. The Morgan fingerprint density at radius 1 is 1.35 bits per heavy atom. The Morgan fingerprint density at radius 3 is 2.82 bits per heavy atom. The van der Waals surface area contributed by atoms with E-state index in [4.69, 9.17) is 0 Å². The van der Waals surface area contributed by atoms with E-state index >= 15 is 0 Å². The average Bonchev–Trinajstić information content (AvgIpc) is 2.30. The van der Waals surface area contributed by atoms with Gasteiger partial charge in [-0.1, -0.05) is 28.1 Å². The summed E-state index contributed by atoms with van der Waals surface area (Å²) in [6, 6.07) is 7.67. The van der Waals surface area contributed by atoms with Gasteiger partial charge in [-0.2, -0.15) is 0 Å². The van der Waals surface area contributed by atoms with Crippen molar-refractivity contribution in [2.75, 3.05) is 7.05 Å². The topological polar surface area (TPSA) is 37.4 Å². The molecule has 2 rings (SSSR count). The second-order valence-electron chi connectivity index (χ2n) is 4.05. The summed E-state index contributed by atoms with van der Waals surface area (Å²) >= 11 is 3.37. The molecule has 4 heteroatoms. The number of carbonyl (C=O) groups is 2. The molecule has 0 N–H and O–H groups in total. The molecule has 0 saturated carbocycles. The van der Waals surface area contributed by atoms with E-state index < -0.39 is 5.92 Å². The fraction of sp³-hybridized carbons (Fsp3) is 0.231. The zero-order valence-corrected chi connectivity index (χ0v) is 11.0. The lowest BCUT2D eigenvalue weighted by atomic mass is 9.92. The van der Waals surface area contributed by atoms with Crippen molar-refractivity contribution in [3.8, 4) is 0 Å². The van der Waals surface area contributed by atoms with Gasteiger partial charge in [-0.25, -0.2) is 0 Å². The van der Waals surface area contributed by atoms with Gasteiger partial charge in [0.05, 0.1) is 0 Å². The number of hydrogen-bond acceptors (Lipinski definition) is 2. The second-order valence-corrected chi connectivity index (χ2v) is 4.97. The maximum atomic E-state index is 11.9. The first-order chi connectivity index (χ1) is 8.08. The summed E-state index contributed by atoms with van der Waals surface area (Å²) < 4.78 is 0.953. The van der Waals surface area contributed by atoms with Crippen LogP contribution in [0.5, 0.6) is 0 Å². The van der Waals surface area contributed by atoms with E-state index in [-0.39, 0.29) is 11.7 Å². The number of halogens is 1. The highest BCUT2D eigenvalue weighted by atomic mass is 79.9. The van der Waals surface area contributed by atoms with Crippen molar-refractivity contribution >= 4 is 27.6 Å². The van der Waals surface area contributed by atoms with Crippen molar-refractivity contribution in [2.24, 2.45) is 5.92 Å². The normalized spacial score (nSPS) is 19.9. The average molecular weight is 294 g/mol. The third-order valence-electron chi connectivity index (χ3n) is 2.78. The molecule has 1 aromatic carbocycles. The molecule has 0 aliphatic carbocycles. The Morgan fingerprint density at radius 2 is 2.12 bits per heavy atom. The molecule has 1 unspecified atom stereocenters. The Hall–Kier alpha value is -1.42. The van der Waals surface area contributed by atoms with Crippen LogP contribution in [0.15, 0.2) is 41.0 Å². The number of rotatable bonds is 2. The van der Waals surface area contributed by atoms with Gasteiger partial charge in [0.15, 0.2) is 5.78 Å². The van der Waals surface area contributed by atoms with Gasteiger partial charge in [0, 0.05) is 17.7 Å². The van der Waals surface area contributed by atoms with Crippen LogP contribution in [-0.4, -0.2) is 23.6 Å². The van der Waals surface area contributed by atoms with Crippen molar-refractivity contribution in [3.05, 3.63) is 46.6 Å². The first-order valence-electron chi connectivity index (χ1n) is 5.31. The molecule has 17 heavy (non-hydrogen) atoms. The molecule has 1 aliphatic heterocycles. The maximum absolute atomic E-state index is 11.9. The molecule has 88 valence electrons. The molecule has 1 amide bonds. The van der Waals surface area contributed by atoms with E-state index in [0.717, 1.165) is 10.0 Å². The summed E-state index contributed by atoms with van der Waals surface area (Å²) in [6.45, 7) is 0. The molecule has 0 saturated heterocycles. The molecule has 1 heterocycles. The van der Waals surface area contributed by atoms with E-state index in [9.17, 15) is 9.59 Å². The smallest absolute Gasteiger partial charge is 0.237 e. The lowest BCUT2D eigenvalue weighted by Gasteiger charge is -2.23. The summed E-state index contributed by atoms with van der Waals surface area (Å²) in [5.74, 6) is -0.843. The summed E-state index contributed by atoms with van der Waals surface area (Å²) in [4.78, 5) is 25.0. The van der Waals surface area contributed by atoms with Gasteiger partial charge in [0.25, 0.3) is 0 Å². The van der Waals surface area contributed by atoms with Crippen LogP contribution < -0.4 is 0 Å². The van der Waals surface area contributed by atoms with Crippen molar-refractivity contribution in [1.29, 1.82) is 0 Å².